The van der Waals surface area contributed by atoms with E-state index in [1.807, 2.05) is 4.90 Å². The van der Waals surface area contributed by atoms with E-state index in [9.17, 15) is 23.5 Å². The van der Waals surface area contributed by atoms with Gasteiger partial charge >= 0.3 is 0 Å². The third-order valence-electron chi connectivity index (χ3n) is 5.46. The van der Waals surface area contributed by atoms with Crippen molar-refractivity contribution in [3.8, 4) is 5.75 Å². The van der Waals surface area contributed by atoms with Crippen molar-refractivity contribution < 1.29 is 23.5 Å². The number of amides is 1. The summed E-state index contributed by atoms with van der Waals surface area (Å²) in [7, 11) is 0. The molecule has 2 aromatic rings. The van der Waals surface area contributed by atoms with Gasteiger partial charge in [0.2, 0.25) is 5.91 Å². The van der Waals surface area contributed by atoms with E-state index in [1.165, 1.54) is 30.3 Å². The molecule has 160 valence electrons. The molecule has 0 saturated carbocycles. The van der Waals surface area contributed by atoms with Crippen LogP contribution in [0.5, 0.6) is 5.75 Å². The molecule has 30 heavy (non-hydrogen) atoms. The molecule has 1 amide bonds. The van der Waals surface area contributed by atoms with Crippen LogP contribution in [-0.4, -0.2) is 47.4 Å². The third-order valence-corrected chi connectivity index (χ3v) is 5.46. The van der Waals surface area contributed by atoms with Crippen molar-refractivity contribution in [3.05, 3.63) is 65.2 Å². The predicted molar refractivity (Wildman–Crippen MR) is 109 cm³/mol. The molecule has 1 saturated heterocycles. The number of hydrogen-bond donors (Lipinski definition) is 2. The molecule has 5 nitrogen and oxygen atoms in total. The number of phenols is 1. The SMILES string of the molecule is CC(Cc1c(F)cccc1F)NC(=O)CN1CCC(C(=O)c2ccc(O)cc2)CC1. The summed E-state index contributed by atoms with van der Waals surface area (Å²) in [6.07, 6.45) is 1.39. The zero-order chi connectivity index (χ0) is 21.7. The molecule has 0 aromatic heterocycles. The monoisotopic (exact) mass is 416 g/mol. The van der Waals surface area contributed by atoms with Gasteiger partial charge in [-0.05, 0) is 75.7 Å². The van der Waals surface area contributed by atoms with Crippen molar-refractivity contribution in [3.63, 3.8) is 0 Å². The fraction of sp³-hybridized carbons (Fsp3) is 0.391. The van der Waals surface area contributed by atoms with Crippen molar-refractivity contribution >= 4 is 11.7 Å². The number of nitrogens with one attached hydrogen (secondary N) is 1. The second-order valence-corrected chi connectivity index (χ2v) is 7.83. The first-order valence-electron chi connectivity index (χ1n) is 10.1. The van der Waals surface area contributed by atoms with Crippen LogP contribution in [0.15, 0.2) is 42.5 Å². The van der Waals surface area contributed by atoms with E-state index in [4.69, 9.17) is 0 Å². The Bertz CT molecular complexity index is 874. The second-order valence-electron chi connectivity index (χ2n) is 7.83. The summed E-state index contributed by atoms with van der Waals surface area (Å²) in [5.74, 6) is -1.36. The molecule has 7 heteroatoms. The van der Waals surface area contributed by atoms with E-state index in [0.29, 0.717) is 31.5 Å². The van der Waals surface area contributed by atoms with Gasteiger partial charge < -0.3 is 10.4 Å². The first-order valence-corrected chi connectivity index (χ1v) is 10.1. The number of likely N-dealkylation sites (tertiary alicyclic amines) is 1. The highest BCUT2D eigenvalue weighted by Crippen LogP contribution is 2.23. The van der Waals surface area contributed by atoms with Crippen LogP contribution >= 0.6 is 0 Å². The molecule has 1 heterocycles. The molecule has 1 aliphatic heterocycles. The van der Waals surface area contributed by atoms with Gasteiger partial charge in [0.15, 0.2) is 5.78 Å². The number of carbonyl (C=O) groups excluding carboxylic acids is 2. The third kappa shape index (κ3) is 5.63. The van der Waals surface area contributed by atoms with E-state index in [0.717, 1.165) is 0 Å². The number of phenolic OH excluding ortho intramolecular Hbond substituents is 1. The first-order chi connectivity index (χ1) is 14.3. The summed E-state index contributed by atoms with van der Waals surface area (Å²) in [4.78, 5) is 26.9. The number of Topliss-reactive ketones (excluding diaryl/α,β-unsaturated/α-hetero) is 1. The Hall–Kier alpha value is -2.80. The van der Waals surface area contributed by atoms with E-state index in [2.05, 4.69) is 5.32 Å². The quantitative estimate of drug-likeness (QED) is 0.680. The average molecular weight is 416 g/mol. The molecular formula is C23H26F2N2O3. The van der Waals surface area contributed by atoms with Gasteiger partial charge in [0.25, 0.3) is 0 Å². The number of aromatic hydroxyl groups is 1. The largest absolute Gasteiger partial charge is 0.508 e. The molecule has 1 atom stereocenters. The van der Waals surface area contributed by atoms with Crippen molar-refractivity contribution in [2.45, 2.75) is 32.2 Å². The van der Waals surface area contributed by atoms with E-state index in [1.54, 1.807) is 19.1 Å². The van der Waals surface area contributed by atoms with Gasteiger partial charge in [-0.1, -0.05) is 6.07 Å². The predicted octanol–water partition coefficient (Wildman–Crippen LogP) is 3.31. The lowest BCUT2D eigenvalue weighted by atomic mass is 9.89. The van der Waals surface area contributed by atoms with Crippen molar-refractivity contribution in [2.75, 3.05) is 19.6 Å². The fourth-order valence-corrected chi connectivity index (χ4v) is 3.82. The average Bonchev–Trinajstić information content (AvgIpc) is 2.71. The van der Waals surface area contributed by atoms with Crippen LogP contribution in [0.2, 0.25) is 0 Å². The van der Waals surface area contributed by atoms with Crippen LogP contribution in [0, 0.1) is 17.6 Å². The molecule has 1 aliphatic rings. The maximum Gasteiger partial charge on any atom is 0.234 e. The summed E-state index contributed by atoms with van der Waals surface area (Å²) in [6.45, 7) is 3.15. The minimum atomic E-state index is -0.614. The summed E-state index contributed by atoms with van der Waals surface area (Å²) in [5, 5.41) is 12.1. The number of hydrogen-bond acceptors (Lipinski definition) is 4. The van der Waals surface area contributed by atoms with E-state index in [-0.39, 0.29) is 41.9 Å². The van der Waals surface area contributed by atoms with Crippen LogP contribution in [0.3, 0.4) is 0 Å². The number of halogens is 2. The Balaban J connectivity index is 1.44. The highest BCUT2D eigenvalue weighted by Gasteiger charge is 2.27. The maximum absolute atomic E-state index is 13.8. The Morgan fingerprint density at radius 3 is 2.30 bits per heavy atom. The summed E-state index contributed by atoms with van der Waals surface area (Å²) in [6, 6.07) is 9.56. The van der Waals surface area contributed by atoms with Gasteiger partial charge in [0.05, 0.1) is 6.54 Å². The number of piperidine rings is 1. The van der Waals surface area contributed by atoms with Crippen molar-refractivity contribution in [1.82, 2.24) is 10.2 Å². The molecule has 0 radical (unpaired) electrons. The molecule has 0 aliphatic carbocycles. The molecule has 1 unspecified atom stereocenters. The molecule has 2 aromatic carbocycles. The van der Waals surface area contributed by atoms with Crippen molar-refractivity contribution in [1.29, 1.82) is 0 Å². The summed E-state index contributed by atoms with van der Waals surface area (Å²) < 4.78 is 27.5. The maximum atomic E-state index is 13.8. The van der Waals surface area contributed by atoms with Crippen LogP contribution < -0.4 is 5.32 Å². The van der Waals surface area contributed by atoms with Crippen LogP contribution in [-0.2, 0) is 11.2 Å². The Morgan fingerprint density at radius 2 is 1.70 bits per heavy atom. The second kappa shape index (κ2) is 9.80. The number of rotatable bonds is 7. The smallest absolute Gasteiger partial charge is 0.234 e. The summed E-state index contributed by atoms with van der Waals surface area (Å²) >= 11 is 0. The number of carbonyl (C=O) groups is 2. The highest BCUT2D eigenvalue weighted by molar-refractivity contribution is 5.98. The molecule has 2 N–H and O–H groups in total. The van der Waals surface area contributed by atoms with Crippen LogP contribution in [0.4, 0.5) is 8.78 Å². The lowest BCUT2D eigenvalue weighted by Crippen LogP contribution is -2.45. The van der Waals surface area contributed by atoms with Crippen LogP contribution in [0.25, 0.3) is 0 Å². The Kier molecular flexibility index (Phi) is 7.15. The summed E-state index contributed by atoms with van der Waals surface area (Å²) in [5.41, 5.74) is 0.553. The van der Waals surface area contributed by atoms with Gasteiger partial charge in [-0.3, -0.25) is 14.5 Å². The van der Waals surface area contributed by atoms with Gasteiger partial charge in [0.1, 0.15) is 17.4 Å². The first kappa shape index (κ1) is 21.9. The normalized spacial score (nSPS) is 16.2. The standard InChI is InChI=1S/C23H26F2N2O3/c1-15(13-19-20(24)3-2-4-21(19)25)26-22(29)14-27-11-9-17(10-12-27)23(30)16-5-7-18(28)8-6-16/h2-8,15,17,28H,9-14H2,1H3,(H,26,29). The Labute approximate surface area is 174 Å². The van der Waals surface area contributed by atoms with Gasteiger partial charge in [0, 0.05) is 23.1 Å². The zero-order valence-electron chi connectivity index (χ0n) is 16.9. The lowest BCUT2D eigenvalue weighted by Gasteiger charge is -2.31. The van der Waals surface area contributed by atoms with Crippen LogP contribution in [0.1, 0.15) is 35.7 Å². The molecule has 0 spiro atoms. The lowest BCUT2D eigenvalue weighted by molar-refractivity contribution is -0.123. The van der Waals surface area contributed by atoms with Crippen molar-refractivity contribution in [2.24, 2.45) is 5.92 Å². The minimum Gasteiger partial charge on any atom is -0.508 e. The van der Waals surface area contributed by atoms with E-state index < -0.39 is 17.7 Å². The highest BCUT2D eigenvalue weighted by atomic mass is 19.1. The number of nitrogens with zero attached hydrogens (tertiary/aromatic N) is 1. The number of ketones is 1. The topological polar surface area (TPSA) is 69.6 Å². The molecule has 0 bridgehead atoms. The Morgan fingerprint density at radius 1 is 1.10 bits per heavy atom. The molecule has 1 fully saturated rings. The zero-order valence-corrected chi connectivity index (χ0v) is 16.9. The van der Waals surface area contributed by atoms with Gasteiger partial charge in [-0.2, -0.15) is 0 Å². The fourth-order valence-electron chi connectivity index (χ4n) is 3.82. The van der Waals surface area contributed by atoms with Gasteiger partial charge in [-0.25, -0.2) is 8.78 Å². The molecular weight excluding hydrogens is 390 g/mol. The van der Waals surface area contributed by atoms with Gasteiger partial charge in [-0.15, -0.1) is 0 Å². The number of benzene rings is 2. The van der Waals surface area contributed by atoms with E-state index >= 15 is 0 Å². The minimum absolute atomic E-state index is 0.0288. The molecule has 3 rings (SSSR count).